The number of hydrogen-bond acceptors (Lipinski definition) is 5. The van der Waals surface area contributed by atoms with Gasteiger partial charge in [-0.1, -0.05) is 0 Å². The van der Waals surface area contributed by atoms with Crippen molar-refractivity contribution in [2.24, 2.45) is 0 Å². The fourth-order valence-electron chi connectivity index (χ4n) is 2.09. The molecule has 0 radical (unpaired) electrons. The number of anilines is 1. The highest BCUT2D eigenvalue weighted by Crippen LogP contribution is 2.28. The number of aromatic nitrogens is 4. The Morgan fingerprint density at radius 2 is 2.12 bits per heavy atom. The van der Waals surface area contributed by atoms with Gasteiger partial charge in [0.15, 0.2) is 5.69 Å². The minimum absolute atomic E-state index is 0.190. The van der Waals surface area contributed by atoms with Crippen molar-refractivity contribution in [2.45, 2.75) is 26.1 Å². The quantitative estimate of drug-likeness (QED) is 0.745. The Morgan fingerprint density at radius 1 is 1.38 bits per heavy atom. The maximum atomic E-state index is 12.6. The minimum Gasteiger partial charge on any atom is -0.383 e. The molecular formula is C14H18F3N5O2. The first kappa shape index (κ1) is 18.0. The Morgan fingerprint density at radius 3 is 2.75 bits per heavy atom. The van der Waals surface area contributed by atoms with Crippen LogP contribution in [0.25, 0.3) is 0 Å². The van der Waals surface area contributed by atoms with Crippen molar-refractivity contribution in [3.05, 3.63) is 39.6 Å². The lowest BCUT2D eigenvalue weighted by Gasteiger charge is -2.07. The first-order valence-corrected chi connectivity index (χ1v) is 7.24. The van der Waals surface area contributed by atoms with Crippen LogP contribution in [0.5, 0.6) is 0 Å². The van der Waals surface area contributed by atoms with Crippen LogP contribution in [0.3, 0.4) is 0 Å². The Balaban J connectivity index is 2.06. The summed E-state index contributed by atoms with van der Waals surface area (Å²) in [5.74, 6) is 0.294. The standard InChI is InChI=1S/C14H18F3N5O2/c1-9-7-11(14(15,16)17)21-22(9)5-3-10-8-12(23)20-13(19-10)18-4-6-24-2/h7-8H,3-6H2,1-2H3,(H2,18,19,20,23). The van der Waals surface area contributed by atoms with E-state index in [1.165, 1.54) is 10.7 Å². The third kappa shape index (κ3) is 4.82. The van der Waals surface area contributed by atoms with E-state index in [9.17, 15) is 18.0 Å². The molecule has 0 saturated heterocycles. The van der Waals surface area contributed by atoms with Crippen LogP contribution < -0.4 is 10.9 Å². The molecule has 10 heteroatoms. The highest BCUT2D eigenvalue weighted by molar-refractivity contribution is 5.25. The van der Waals surface area contributed by atoms with Gasteiger partial charge in [-0.3, -0.25) is 14.5 Å². The van der Waals surface area contributed by atoms with Crippen molar-refractivity contribution in [3.8, 4) is 0 Å². The fraction of sp³-hybridized carbons (Fsp3) is 0.500. The van der Waals surface area contributed by atoms with Gasteiger partial charge in [0.2, 0.25) is 5.95 Å². The van der Waals surface area contributed by atoms with Crippen LogP contribution in [-0.2, 0) is 23.9 Å². The zero-order valence-electron chi connectivity index (χ0n) is 13.3. The van der Waals surface area contributed by atoms with Crippen molar-refractivity contribution in [1.29, 1.82) is 0 Å². The van der Waals surface area contributed by atoms with Gasteiger partial charge in [-0.2, -0.15) is 18.3 Å². The molecule has 2 aromatic rings. The minimum atomic E-state index is -4.48. The van der Waals surface area contributed by atoms with Gasteiger partial charge in [0.1, 0.15) is 0 Å². The van der Waals surface area contributed by atoms with E-state index in [1.807, 2.05) is 0 Å². The second kappa shape index (κ2) is 7.47. The molecule has 0 aliphatic heterocycles. The molecule has 0 fully saturated rings. The summed E-state index contributed by atoms with van der Waals surface area (Å²) in [6, 6.07) is 2.30. The Labute approximate surface area is 135 Å². The van der Waals surface area contributed by atoms with Crippen molar-refractivity contribution in [2.75, 3.05) is 25.6 Å². The topological polar surface area (TPSA) is 84.8 Å². The number of nitrogens with one attached hydrogen (secondary N) is 2. The predicted octanol–water partition coefficient (Wildman–Crippen LogP) is 1.59. The zero-order valence-corrected chi connectivity index (χ0v) is 13.3. The van der Waals surface area contributed by atoms with Gasteiger partial charge in [-0.15, -0.1) is 0 Å². The lowest BCUT2D eigenvalue weighted by molar-refractivity contribution is -0.141. The number of hydrogen-bond donors (Lipinski definition) is 2. The van der Waals surface area contributed by atoms with Gasteiger partial charge in [-0.05, 0) is 13.0 Å². The predicted molar refractivity (Wildman–Crippen MR) is 80.9 cm³/mol. The molecule has 24 heavy (non-hydrogen) atoms. The van der Waals surface area contributed by atoms with Gasteiger partial charge in [0, 0.05) is 38.4 Å². The Hall–Kier alpha value is -2.36. The first-order chi connectivity index (χ1) is 11.3. The van der Waals surface area contributed by atoms with E-state index in [2.05, 4.69) is 20.4 Å². The first-order valence-electron chi connectivity index (χ1n) is 7.24. The molecule has 0 aliphatic carbocycles. The van der Waals surface area contributed by atoms with Crippen molar-refractivity contribution >= 4 is 5.95 Å². The molecule has 0 amide bonds. The van der Waals surface area contributed by atoms with Gasteiger partial charge < -0.3 is 10.1 Å². The van der Waals surface area contributed by atoms with E-state index >= 15 is 0 Å². The lowest BCUT2D eigenvalue weighted by Crippen LogP contribution is -2.17. The highest BCUT2D eigenvalue weighted by atomic mass is 19.4. The summed E-state index contributed by atoms with van der Waals surface area (Å²) >= 11 is 0. The second-order valence-electron chi connectivity index (χ2n) is 5.15. The van der Waals surface area contributed by atoms with Crippen LogP contribution in [0.15, 0.2) is 16.9 Å². The number of ether oxygens (including phenoxy) is 1. The fourth-order valence-corrected chi connectivity index (χ4v) is 2.09. The van der Waals surface area contributed by atoms with E-state index in [1.54, 1.807) is 14.0 Å². The lowest BCUT2D eigenvalue weighted by atomic mass is 10.3. The number of halogens is 3. The number of aromatic amines is 1. The molecule has 2 aromatic heterocycles. The van der Waals surface area contributed by atoms with E-state index in [-0.39, 0.29) is 18.5 Å². The van der Waals surface area contributed by atoms with Crippen LogP contribution in [0.2, 0.25) is 0 Å². The summed E-state index contributed by atoms with van der Waals surface area (Å²) in [5, 5.41) is 6.44. The highest BCUT2D eigenvalue weighted by Gasteiger charge is 2.34. The maximum absolute atomic E-state index is 12.6. The molecule has 7 nitrogen and oxygen atoms in total. The van der Waals surface area contributed by atoms with Gasteiger partial charge >= 0.3 is 6.18 Å². The number of aryl methyl sites for hydroxylation is 3. The Kier molecular flexibility index (Phi) is 5.60. The third-order valence-electron chi connectivity index (χ3n) is 3.24. The summed E-state index contributed by atoms with van der Waals surface area (Å²) in [6.45, 7) is 2.65. The van der Waals surface area contributed by atoms with Gasteiger partial charge in [-0.25, -0.2) is 4.98 Å². The summed E-state index contributed by atoms with van der Waals surface area (Å²) < 4.78 is 44.1. The summed E-state index contributed by atoms with van der Waals surface area (Å²) in [7, 11) is 1.55. The van der Waals surface area contributed by atoms with Gasteiger partial charge in [0.05, 0.1) is 12.3 Å². The maximum Gasteiger partial charge on any atom is 0.435 e. The molecule has 2 heterocycles. The summed E-state index contributed by atoms with van der Waals surface area (Å²) in [6.07, 6.45) is -4.20. The van der Waals surface area contributed by atoms with E-state index in [0.717, 1.165) is 6.07 Å². The molecule has 0 saturated carbocycles. The molecule has 2 rings (SSSR count). The van der Waals surface area contributed by atoms with Gasteiger partial charge in [0.25, 0.3) is 5.56 Å². The van der Waals surface area contributed by atoms with Crippen LogP contribution in [-0.4, -0.2) is 40.0 Å². The molecule has 0 atom stereocenters. The zero-order chi connectivity index (χ0) is 17.7. The molecule has 0 unspecified atom stereocenters. The molecule has 2 N–H and O–H groups in total. The number of rotatable bonds is 7. The molecular weight excluding hydrogens is 327 g/mol. The molecule has 132 valence electrons. The smallest absolute Gasteiger partial charge is 0.383 e. The van der Waals surface area contributed by atoms with Crippen LogP contribution in [0, 0.1) is 6.92 Å². The molecule has 0 spiro atoms. The molecule has 0 aromatic carbocycles. The SMILES string of the molecule is COCCNc1nc(CCn2nc(C(F)(F)F)cc2C)cc(=O)[nH]1. The van der Waals surface area contributed by atoms with Crippen LogP contribution >= 0.6 is 0 Å². The summed E-state index contributed by atoms with van der Waals surface area (Å²) in [5.41, 5.74) is -0.415. The van der Waals surface area contributed by atoms with Crippen molar-refractivity contribution in [3.63, 3.8) is 0 Å². The van der Waals surface area contributed by atoms with E-state index in [0.29, 0.717) is 30.5 Å². The van der Waals surface area contributed by atoms with Crippen molar-refractivity contribution < 1.29 is 17.9 Å². The number of nitrogens with zero attached hydrogens (tertiary/aromatic N) is 3. The molecule has 0 aliphatic rings. The number of alkyl halides is 3. The van der Waals surface area contributed by atoms with Crippen LogP contribution in [0.1, 0.15) is 17.1 Å². The normalized spacial score (nSPS) is 11.7. The molecule has 0 bridgehead atoms. The average molecular weight is 345 g/mol. The Bertz CT molecular complexity index is 739. The van der Waals surface area contributed by atoms with E-state index < -0.39 is 11.9 Å². The summed E-state index contributed by atoms with van der Waals surface area (Å²) in [4.78, 5) is 18.4. The second-order valence-corrected chi connectivity index (χ2v) is 5.15. The average Bonchev–Trinajstić information content (AvgIpc) is 2.86. The number of H-pyrrole nitrogens is 1. The van der Waals surface area contributed by atoms with E-state index in [4.69, 9.17) is 4.74 Å². The van der Waals surface area contributed by atoms with Crippen molar-refractivity contribution in [1.82, 2.24) is 19.7 Å². The number of methoxy groups -OCH3 is 1. The third-order valence-corrected chi connectivity index (χ3v) is 3.24. The monoisotopic (exact) mass is 345 g/mol. The largest absolute Gasteiger partial charge is 0.435 e. The van der Waals surface area contributed by atoms with Crippen LogP contribution in [0.4, 0.5) is 19.1 Å².